The summed E-state index contributed by atoms with van der Waals surface area (Å²) in [5.74, 6) is -1.31. The zero-order valence-corrected chi connectivity index (χ0v) is 13.3. The first-order valence-corrected chi connectivity index (χ1v) is 8.00. The van der Waals surface area contributed by atoms with Crippen molar-refractivity contribution in [2.24, 2.45) is 0 Å². The molecule has 1 amide bonds. The first-order chi connectivity index (χ1) is 9.60. The Labute approximate surface area is 127 Å². The second-order valence-electron chi connectivity index (χ2n) is 5.29. The van der Waals surface area contributed by atoms with E-state index < -0.39 is 5.79 Å². The minimum Gasteiger partial charge on any atom is -0.338 e. The van der Waals surface area contributed by atoms with Crippen LogP contribution in [-0.2, 0) is 20.1 Å². The minimum atomic E-state index is -1.22. The van der Waals surface area contributed by atoms with Gasteiger partial charge in [-0.25, -0.2) is 0 Å². The quantitative estimate of drug-likeness (QED) is 0.777. The standard InChI is InChI=1S/C15H18BrNO3/c1-10-8-11(2)13-12(9-10)15(19-6-3-7-20-15)14(18)17(13)5-4-16/h8-9H,3-7H2,1-2H3. The number of ether oxygens (including phenoxy) is 2. The third-order valence-corrected chi connectivity index (χ3v) is 4.16. The number of amides is 1. The van der Waals surface area contributed by atoms with E-state index >= 15 is 0 Å². The predicted octanol–water partition coefficient (Wildman–Crippen LogP) is 2.63. The van der Waals surface area contributed by atoms with Crippen molar-refractivity contribution < 1.29 is 14.3 Å². The van der Waals surface area contributed by atoms with Crippen LogP contribution >= 0.6 is 15.9 Å². The third kappa shape index (κ3) is 1.91. The summed E-state index contributed by atoms with van der Waals surface area (Å²) in [6, 6.07) is 4.11. The van der Waals surface area contributed by atoms with Gasteiger partial charge in [0.25, 0.3) is 11.7 Å². The molecule has 108 valence electrons. The Bertz CT molecular complexity index is 552. The van der Waals surface area contributed by atoms with Gasteiger partial charge in [-0.15, -0.1) is 0 Å². The van der Waals surface area contributed by atoms with Gasteiger partial charge in [-0.2, -0.15) is 0 Å². The summed E-state index contributed by atoms with van der Waals surface area (Å²) in [6.07, 6.45) is 0.827. The molecular formula is C15H18BrNO3. The summed E-state index contributed by atoms with van der Waals surface area (Å²) in [6.45, 7) is 5.79. The van der Waals surface area contributed by atoms with Gasteiger partial charge in [-0.3, -0.25) is 4.79 Å². The molecule has 0 aromatic heterocycles. The highest BCUT2D eigenvalue weighted by molar-refractivity contribution is 9.09. The number of benzene rings is 1. The molecule has 4 nitrogen and oxygen atoms in total. The van der Waals surface area contributed by atoms with Crippen molar-refractivity contribution in [2.75, 3.05) is 30.0 Å². The zero-order valence-electron chi connectivity index (χ0n) is 11.7. The molecule has 2 aliphatic rings. The van der Waals surface area contributed by atoms with Crippen molar-refractivity contribution in [1.29, 1.82) is 0 Å². The van der Waals surface area contributed by atoms with Crippen molar-refractivity contribution in [2.45, 2.75) is 26.1 Å². The van der Waals surface area contributed by atoms with Crippen molar-refractivity contribution in [1.82, 2.24) is 0 Å². The number of hydrogen-bond donors (Lipinski definition) is 0. The van der Waals surface area contributed by atoms with Gasteiger partial charge in [0.15, 0.2) is 0 Å². The minimum absolute atomic E-state index is 0.0969. The molecule has 0 saturated carbocycles. The van der Waals surface area contributed by atoms with E-state index in [2.05, 4.69) is 22.0 Å². The number of nitrogens with zero attached hydrogens (tertiary/aromatic N) is 1. The van der Waals surface area contributed by atoms with Crippen molar-refractivity contribution in [3.05, 3.63) is 28.8 Å². The molecule has 1 aromatic rings. The molecule has 1 saturated heterocycles. The number of hydrogen-bond acceptors (Lipinski definition) is 3. The maximum absolute atomic E-state index is 12.8. The lowest BCUT2D eigenvalue weighted by molar-refractivity contribution is -0.256. The number of rotatable bonds is 2. The number of carbonyl (C=O) groups excluding carboxylic acids is 1. The van der Waals surface area contributed by atoms with Crippen LogP contribution in [0.15, 0.2) is 12.1 Å². The molecule has 2 heterocycles. The van der Waals surface area contributed by atoms with Crippen LogP contribution in [0.25, 0.3) is 0 Å². The van der Waals surface area contributed by atoms with Crippen molar-refractivity contribution in [3.63, 3.8) is 0 Å². The Morgan fingerprint density at radius 3 is 2.65 bits per heavy atom. The highest BCUT2D eigenvalue weighted by atomic mass is 79.9. The summed E-state index contributed by atoms with van der Waals surface area (Å²) >= 11 is 3.41. The van der Waals surface area contributed by atoms with E-state index in [0.717, 1.165) is 34.1 Å². The highest BCUT2D eigenvalue weighted by Crippen LogP contribution is 2.47. The highest BCUT2D eigenvalue weighted by Gasteiger charge is 2.55. The maximum atomic E-state index is 12.8. The van der Waals surface area contributed by atoms with Gasteiger partial charge in [0.2, 0.25) is 0 Å². The van der Waals surface area contributed by atoms with E-state index in [0.29, 0.717) is 19.8 Å². The summed E-state index contributed by atoms with van der Waals surface area (Å²) < 4.78 is 11.6. The Hall–Kier alpha value is -0.910. The van der Waals surface area contributed by atoms with Crippen LogP contribution in [0.3, 0.4) is 0 Å². The second-order valence-corrected chi connectivity index (χ2v) is 6.08. The smallest absolute Gasteiger partial charge is 0.292 e. The molecule has 1 spiro atoms. The molecule has 1 fully saturated rings. The molecule has 0 unspecified atom stereocenters. The van der Waals surface area contributed by atoms with Crippen LogP contribution < -0.4 is 4.90 Å². The fraction of sp³-hybridized carbons (Fsp3) is 0.533. The van der Waals surface area contributed by atoms with Gasteiger partial charge in [0.05, 0.1) is 18.9 Å². The molecule has 0 aliphatic carbocycles. The van der Waals surface area contributed by atoms with Gasteiger partial charge < -0.3 is 14.4 Å². The zero-order chi connectivity index (χ0) is 14.3. The lowest BCUT2D eigenvalue weighted by Crippen LogP contribution is -2.47. The van der Waals surface area contributed by atoms with Crippen LogP contribution in [0.4, 0.5) is 5.69 Å². The van der Waals surface area contributed by atoms with E-state index in [1.54, 1.807) is 4.90 Å². The van der Waals surface area contributed by atoms with Gasteiger partial charge in [-0.05, 0) is 31.9 Å². The number of carbonyl (C=O) groups is 1. The number of halogens is 1. The number of alkyl halides is 1. The summed E-state index contributed by atoms with van der Waals surface area (Å²) in [4.78, 5) is 14.6. The molecule has 5 heteroatoms. The fourth-order valence-corrected chi connectivity index (χ4v) is 3.43. The predicted molar refractivity (Wildman–Crippen MR) is 80.3 cm³/mol. The average Bonchev–Trinajstić information content (AvgIpc) is 2.64. The van der Waals surface area contributed by atoms with Crippen LogP contribution in [0, 0.1) is 13.8 Å². The Morgan fingerprint density at radius 1 is 1.30 bits per heavy atom. The third-order valence-electron chi connectivity index (χ3n) is 3.80. The van der Waals surface area contributed by atoms with Gasteiger partial charge in [0.1, 0.15) is 0 Å². The van der Waals surface area contributed by atoms with E-state index in [9.17, 15) is 4.79 Å². The van der Waals surface area contributed by atoms with Crippen molar-refractivity contribution >= 4 is 27.5 Å². The number of aryl methyl sites for hydroxylation is 2. The second kappa shape index (κ2) is 5.13. The maximum Gasteiger partial charge on any atom is 0.292 e. The first-order valence-electron chi connectivity index (χ1n) is 6.88. The molecule has 20 heavy (non-hydrogen) atoms. The van der Waals surface area contributed by atoms with Crippen LogP contribution in [0.1, 0.15) is 23.1 Å². The van der Waals surface area contributed by atoms with E-state index in [-0.39, 0.29) is 5.91 Å². The molecule has 1 aromatic carbocycles. The van der Waals surface area contributed by atoms with Crippen molar-refractivity contribution in [3.8, 4) is 0 Å². The molecule has 0 radical (unpaired) electrons. The van der Waals surface area contributed by atoms with Crippen LogP contribution in [-0.4, -0.2) is 31.0 Å². The first kappa shape index (κ1) is 14.0. The summed E-state index contributed by atoms with van der Waals surface area (Å²) in [7, 11) is 0. The average molecular weight is 340 g/mol. The van der Waals surface area contributed by atoms with Crippen LogP contribution in [0.2, 0.25) is 0 Å². The molecular weight excluding hydrogens is 322 g/mol. The van der Waals surface area contributed by atoms with E-state index in [1.165, 1.54) is 0 Å². The van der Waals surface area contributed by atoms with Gasteiger partial charge in [0, 0.05) is 17.4 Å². The van der Waals surface area contributed by atoms with Crippen LogP contribution in [0.5, 0.6) is 0 Å². The monoisotopic (exact) mass is 339 g/mol. The Balaban J connectivity index is 2.18. The fourth-order valence-electron chi connectivity index (χ4n) is 3.07. The molecule has 3 rings (SSSR count). The normalized spacial score (nSPS) is 20.6. The Kier molecular flexibility index (Phi) is 3.60. The molecule has 0 atom stereocenters. The molecule has 2 aliphatic heterocycles. The number of anilines is 1. The largest absolute Gasteiger partial charge is 0.338 e. The number of fused-ring (bicyclic) bond motifs is 2. The van der Waals surface area contributed by atoms with Gasteiger partial charge in [-0.1, -0.05) is 27.6 Å². The molecule has 0 bridgehead atoms. The Morgan fingerprint density at radius 2 is 2.00 bits per heavy atom. The van der Waals surface area contributed by atoms with E-state index in [4.69, 9.17) is 9.47 Å². The summed E-state index contributed by atoms with van der Waals surface area (Å²) in [5.41, 5.74) is 4.01. The lowest BCUT2D eigenvalue weighted by Gasteiger charge is -2.32. The topological polar surface area (TPSA) is 38.8 Å². The molecule has 0 N–H and O–H groups in total. The SMILES string of the molecule is Cc1cc(C)c2c(c1)C1(OCCCO1)C(=O)N2CCBr. The van der Waals surface area contributed by atoms with Gasteiger partial charge >= 0.3 is 0 Å². The summed E-state index contributed by atoms with van der Waals surface area (Å²) in [5, 5.41) is 0.724. The van der Waals surface area contributed by atoms with E-state index in [1.807, 2.05) is 19.9 Å². The lowest BCUT2D eigenvalue weighted by atomic mass is 10.00.